The Morgan fingerprint density at radius 1 is 1.32 bits per heavy atom. The second kappa shape index (κ2) is 8.94. The van der Waals surface area contributed by atoms with Gasteiger partial charge in [0.05, 0.1) is 6.61 Å². The highest BCUT2D eigenvalue weighted by molar-refractivity contribution is 5.28. The van der Waals surface area contributed by atoms with Crippen LogP contribution in [-0.4, -0.2) is 37.7 Å². The van der Waals surface area contributed by atoms with Crippen LogP contribution in [0.4, 0.5) is 0 Å². The van der Waals surface area contributed by atoms with Gasteiger partial charge in [0.15, 0.2) is 0 Å². The van der Waals surface area contributed by atoms with Crippen LogP contribution in [0.2, 0.25) is 0 Å². The molecule has 1 atom stereocenters. The molecule has 0 aliphatic rings. The third kappa shape index (κ3) is 6.60. The zero-order chi connectivity index (χ0) is 14.1. The molecule has 0 aliphatic heterocycles. The molecule has 1 rings (SSSR count). The summed E-state index contributed by atoms with van der Waals surface area (Å²) in [6.45, 7) is 10.4. The number of nitrogens with one attached hydrogen (secondary N) is 1. The van der Waals surface area contributed by atoms with Crippen LogP contribution in [-0.2, 0) is 6.54 Å². The van der Waals surface area contributed by atoms with Crippen LogP contribution in [0, 0.1) is 0 Å². The van der Waals surface area contributed by atoms with Gasteiger partial charge in [-0.05, 0) is 44.6 Å². The molecule has 1 aromatic rings. The minimum absolute atomic E-state index is 0.491. The largest absolute Gasteiger partial charge is 0.494 e. The van der Waals surface area contributed by atoms with Gasteiger partial charge in [-0.2, -0.15) is 0 Å². The van der Waals surface area contributed by atoms with Gasteiger partial charge in [-0.25, -0.2) is 0 Å². The maximum atomic E-state index is 5.65. The van der Waals surface area contributed by atoms with Gasteiger partial charge in [0.1, 0.15) is 5.75 Å². The molecule has 1 unspecified atom stereocenters. The predicted octanol–water partition coefficient (Wildman–Crippen LogP) is 2.91. The maximum absolute atomic E-state index is 5.65. The summed E-state index contributed by atoms with van der Waals surface area (Å²) in [6.07, 6.45) is 1.04. The first-order chi connectivity index (χ1) is 9.15. The van der Waals surface area contributed by atoms with E-state index in [1.165, 1.54) is 5.56 Å². The van der Waals surface area contributed by atoms with E-state index in [0.717, 1.165) is 38.4 Å². The molecule has 3 nitrogen and oxygen atoms in total. The van der Waals surface area contributed by atoms with E-state index in [9.17, 15) is 0 Å². The van der Waals surface area contributed by atoms with Crippen molar-refractivity contribution in [2.24, 2.45) is 0 Å². The second-order valence-electron chi connectivity index (χ2n) is 5.13. The first-order valence-corrected chi connectivity index (χ1v) is 7.29. The number of hydrogen-bond acceptors (Lipinski definition) is 3. The second-order valence-corrected chi connectivity index (χ2v) is 5.13. The summed E-state index contributed by atoms with van der Waals surface area (Å²) in [6, 6.07) is 8.84. The van der Waals surface area contributed by atoms with Crippen molar-refractivity contribution in [1.29, 1.82) is 0 Å². The fourth-order valence-corrected chi connectivity index (χ4v) is 1.92. The monoisotopic (exact) mass is 264 g/mol. The van der Waals surface area contributed by atoms with E-state index in [1.807, 2.05) is 6.07 Å². The zero-order valence-electron chi connectivity index (χ0n) is 12.8. The van der Waals surface area contributed by atoms with Crippen molar-refractivity contribution >= 4 is 0 Å². The van der Waals surface area contributed by atoms with Crippen LogP contribution < -0.4 is 10.1 Å². The maximum Gasteiger partial charge on any atom is 0.119 e. The van der Waals surface area contributed by atoms with Crippen LogP contribution in [0.5, 0.6) is 5.75 Å². The average molecular weight is 264 g/mol. The molecule has 0 aliphatic carbocycles. The van der Waals surface area contributed by atoms with Crippen molar-refractivity contribution < 1.29 is 4.74 Å². The Labute approximate surface area is 118 Å². The molecule has 3 heteroatoms. The highest BCUT2D eigenvalue weighted by atomic mass is 16.5. The molecular formula is C16H28N2O. The van der Waals surface area contributed by atoms with Crippen molar-refractivity contribution in [2.45, 2.75) is 39.8 Å². The lowest BCUT2D eigenvalue weighted by atomic mass is 10.2. The first kappa shape index (κ1) is 16.0. The highest BCUT2D eigenvalue weighted by Gasteiger charge is 2.04. The fourth-order valence-electron chi connectivity index (χ4n) is 1.92. The summed E-state index contributed by atoms with van der Waals surface area (Å²) in [5, 5.41) is 3.55. The third-order valence-corrected chi connectivity index (χ3v) is 3.15. The number of benzene rings is 1. The molecule has 108 valence electrons. The van der Waals surface area contributed by atoms with Crippen LogP contribution in [0.3, 0.4) is 0 Å². The van der Waals surface area contributed by atoms with Gasteiger partial charge < -0.3 is 15.0 Å². The summed E-state index contributed by atoms with van der Waals surface area (Å²) in [4.78, 5) is 2.32. The normalized spacial score (nSPS) is 12.7. The fraction of sp³-hybridized carbons (Fsp3) is 0.625. The van der Waals surface area contributed by atoms with Gasteiger partial charge in [0.2, 0.25) is 0 Å². The first-order valence-electron chi connectivity index (χ1n) is 7.29. The van der Waals surface area contributed by atoms with Crippen molar-refractivity contribution in [3.8, 4) is 5.75 Å². The number of hydrogen-bond donors (Lipinski definition) is 1. The Morgan fingerprint density at radius 3 is 2.79 bits per heavy atom. The molecule has 0 saturated heterocycles. The molecule has 1 N–H and O–H groups in total. The third-order valence-electron chi connectivity index (χ3n) is 3.15. The Morgan fingerprint density at radius 2 is 2.11 bits per heavy atom. The Hall–Kier alpha value is -1.06. The summed E-state index contributed by atoms with van der Waals surface area (Å²) in [7, 11) is 2.15. The number of rotatable bonds is 9. The molecule has 1 aromatic carbocycles. The van der Waals surface area contributed by atoms with Gasteiger partial charge in [-0.15, -0.1) is 0 Å². The van der Waals surface area contributed by atoms with E-state index in [4.69, 9.17) is 4.74 Å². The minimum atomic E-state index is 0.491. The van der Waals surface area contributed by atoms with Gasteiger partial charge in [-0.1, -0.05) is 26.0 Å². The summed E-state index contributed by atoms with van der Waals surface area (Å²) in [5.74, 6) is 0.972. The smallest absolute Gasteiger partial charge is 0.119 e. The zero-order valence-corrected chi connectivity index (χ0v) is 12.8. The number of likely N-dealkylation sites (N-methyl/N-ethyl adjacent to an activating group) is 1. The van der Waals surface area contributed by atoms with Crippen LogP contribution in [0.25, 0.3) is 0 Å². The molecule has 0 spiro atoms. The standard InChI is InChI=1S/C16H28N2O/c1-5-10-19-16-9-7-8-15(11-16)12-17-14(3)13-18(4)6-2/h7-9,11,14,17H,5-6,10,12-13H2,1-4H3. The predicted molar refractivity (Wildman–Crippen MR) is 81.7 cm³/mol. The topological polar surface area (TPSA) is 24.5 Å². The molecule has 0 amide bonds. The van der Waals surface area contributed by atoms with Crippen molar-refractivity contribution in [1.82, 2.24) is 10.2 Å². The summed E-state index contributed by atoms with van der Waals surface area (Å²) < 4.78 is 5.65. The number of nitrogens with zero attached hydrogens (tertiary/aromatic N) is 1. The van der Waals surface area contributed by atoms with Gasteiger partial charge in [0.25, 0.3) is 0 Å². The lowest BCUT2D eigenvalue weighted by Gasteiger charge is -2.20. The lowest BCUT2D eigenvalue weighted by molar-refractivity contribution is 0.308. The van der Waals surface area contributed by atoms with Crippen LogP contribution in [0.15, 0.2) is 24.3 Å². The average Bonchev–Trinajstić information content (AvgIpc) is 2.43. The Kier molecular flexibility index (Phi) is 7.53. The van der Waals surface area contributed by atoms with E-state index in [-0.39, 0.29) is 0 Å². The molecule has 0 fully saturated rings. The Balaban J connectivity index is 2.39. The molecule has 0 aromatic heterocycles. The molecule has 19 heavy (non-hydrogen) atoms. The van der Waals surface area contributed by atoms with E-state index in [2.05, 4.69) is 56.2 Å². The molecular weight excluding hydrogens is 236 g/mol. The lowest BCUT2D eigenvalue weighted by Crippen LogP contribution is -2.36. The summed E-state index contributed by atoms with van der Waals surface area (Å²) >= 11 is 0. The SMILES string of the molecule is CCCOc1cccc(CNC(C)CN(C)CC)c1. The van der Waals surface area contributed by atoms with Crippen molar-refractivity contribution in [2.75, 3.05) is 26.7 Å². The Bertz CT molecular complexity index is 354. The van der Waals surface area contributed by atoms with E-state index >= 15 is 0 Å². The van der Waals surface area contributed by atoms with Gasteiger partial charge in [-0.3, -0.25) is 0 Å². The summed E-state index contributed by atoms with van der Waals surface area (Å²) in [5.41, 5.74) is 1.28. The molecule has 0 saturated carbocycles. The van der Waals surface area contributed by atoms with Crippen molar-refractivity contribution in [3.63, 3.8) is 0 Å². The van der Waals surface area contributed by atoms with Crippen LogP contribution in [0.1, 0.15) is 32.8 Å². The number of ether oxygens (including phenoxy) is 1. The van der Waals surface area contributed by atoms with E-state index < -0.39 is 0 Å². The minimum Gasteiger partial charge on any atom is -0.494 e. The van der Waals surface area contributed by atoms with Gasteiger partial charge in [0, 0.05) is 19.1 Å². The van der Waals surface area contributed by atoms with Crippen molar-refractivity contribution in [3.05, 3.63) is 29.8 Å². The molecule has 0 heterocycles. The van der Waals surface area contributed by atoms with Gasteiger partial charge >= 0.3 is 0 Å². The van der Waals surface area contributed by atoms with E-state index in [0.29, 0.717) is 6.04 Å². The van der Waals surface area contributed by atoms with Crippen LogP contribution >= 0.6 is 0 Å². The molecule has 0 bridgehead atoms. The highest BCUT2D eigenvalue weighted by Crippen LogP contribution is 2.13. The molecule has 0 radical (unpaired) electrons. The quantitative estimate of drug-likeness (QED) is 0.742. The van der Waals surface area contributed by atoms with E-state index in [1.54, 1.807) is 0 Å².